The average molecular weight is 350 g/mol. The van der Waals surface area contributed by atoms with Crippen molar-refractivity contribution in [2.45, 2.75) is 58.2 Å². The van der Waals surface area contributed by atoms with E-state index < -0.39 is 5.60 Å². The first-order chi connectivity index (χ1) is 11.2. The van der Waals surface area contributed by atoms with Crippen LogP contribution < -0.4 is 0 Å². The summed E-state index contributed by atoms with van der Waals surface area (Å²) in [6.07, 6.45) is 1.53. The van der Waals surface area contributed by atoms with E-state index in [0.29, 0.717) is 11.2 Å². The van der Waals surface area contributed by atoms with Crippen LogP contribution in [0, 0.1) is 6.92 Å². The lowest BCUT2D eigenvalue weighted by molar-refractivity contribution is 0.00799. The second-order valence-corrected chi connectivity index (χ2v) is 7.96. The average Bonchev–Trinajstić information content (AvgIpc) is 2.71. The minimum absolute atomic E-state index is 0.195. The number of ether oxygens (including phenoxy) is 1. The molecule has 1 aliphatic carbocycles. The molecule has 0 unspecified atom stereocenters. The van der Waals surface area contributed by atoms with Crippen molar-refractivity contribution >= 4 is 28.7 Å². The lowest BCUT2D eigenvalue weighted by Gasteiger charge is -2.42. The molecule has 5 nitrogen and oxygen atoms in total. The predicted molar refractivity (Wildman–Crippen MR) is 95.5 cm³/mol. The molecule has 0 atom stereocenters. The number of hydrogen-bond acceptors (Lipinski definition) is 3. The molecule has 0 saturated heterocycles. The number of nitrogens with zero attached hydrogens (tertiary/aromatic N) is 3. The number of rotatable bonds is 2. The number of halogens is 1. The van der Waals surface area contributed by atoms with Gasteiger partial charge >= 0.3 is 6.09 Å². The van der Waals surface area contributed by atoms with Crippen molar-refractivity contribution in [3.8, 4) is 0 Å². The molecule has 1 aliphatic rings. The zero-order valence-electron chi connectivity index (χ0n) is 14.8. The van der Waals surface area contributed by atoms with E-state index in [0.717, 1.165) is 23.9 Å². The SMILES string of the molecule is Cc1cc2ccc(Cl)nc2n1[C@H]1C[C@H](N(C)C(=O)OC(C)(C)C)C1. The van der Waals surface area contributed by atoms with Gasteiger partial charge in [0.1, 0.15) is 16.4 Å². The maximum atomic E-state index is 12.2. The Kier molecular flexibility index (Phi) is 4.24. The largest absolute Gasteiger partial charge is 0.444 e. The van der Waals surface area contributed by atoms with E-state index in [9.17, 15) is 4.79 Å². The Morgan fingerprint density at radius 1 is 1.38 bits per heavy atom. The molecule has 1 fully saturated rings. The zero-order chi connectivity index (χ0) is 17.6. The van der Waals surface area contributed by atoms with E-state index in [1.54, 1.807) is 4.90 Å². The Hall–Kier alpha value is -1.75. The highest BCUT2D eigenvalue weighted by Crippen LogP contribution is 2.39. The molecule has 1 saturated carbocycles. The maximum absolute atomic E-state index is 12.2. The summed E-state index contributed by atoms with van der Waals surface area (Å²) in [5, 5.41) is 1.60. The molecule has 24 heavy (non-hydrogen) atoms. The number of carbonyl (C=O) groups is 1. The van der Waals surface area contributed by atoms with Crippen molar-refractivity contribution in [1.82, 2.24) is 14.5 Å². The van der Waals surface area contributed by atoms with Crippen LogP contribution >= 0.6 is 11.6 Å². The Morgan fingerprint density at radius 3 is 2.67 bits per heavy atom. The van der Waals surface area contributed by atoms with Gasteiger partial charge in [0.2, 0.25) is 0 Å². The summed E-state index contributed by atoms with van der Waals surface area (Å²) < 4.78 is 7.68. The molecular formula is C18H24ClN3O2. The molecule has 2 aromatic heterocycles. The fourth-order valence-corrected chi connectivity index (χ4v) is 3.38. The number of aromatic nitrogens is 2. The first kappa shape index (κ1) is 17.1. The molecule has 3 rings (SSSR count). The number of fused-ring (bicyclic) bond motifs is 1. The molecular weight excluding hydrogens is 326 g/mol. The number of amides is 1. The summed E-state index contributed by atoms with van der Waals surface area (Å²) in [7, 11) is 1.81. The van der Waals surface area contributed by atoms with E-state index >= 15 is 0 Å². The van der Waals surface area contributed by atoms with Crippen molar-refractivity contribution in [1.29, 1.82) is 0 Å². The third kappa shape index (κ3) is 3.22. The molecule has 1 amide bonds. The fourth-order valence-electron chi connectivity index (χ4n) is 3.23. The highest BCUT2D eigenvalue weighted by molar-refractivity contribution is 6.29. The Bertz CT molecular complexity index is 772. The normalized spacial score (nSPS) is 20.8. The highest BCUT2D eigenvalue weighted by Gasteiger charge is 2.37. The number of hydrogen-bond donors (Lipinski definition) is 0. The Morgan fingerprint density at radius 2 is 2.04 bits per heavy atom. The van der Waals surface area contributed by atoms with Crippen LogP contribution in [0.4, 0.5) is 4.79 Å². The fraction of sp³-hybridized carbons (Fsp3) is 0.556. The van der Waals surface area contributed by atoms with Crippen molar-refractivity contribution < 1.29 is 9.53 Å². The molecule has 2 heterocycles. The summed E-state index contributed by atoms with van der Waals surface area (Å²) in [6, 6.07) is 6.47. The van der Waals surface area contributed by atoms with E-state index in [4.69, 9.17) is 16.3 Å². The van der Waals surface area contributed by atoms with Crippen molar-refractivity contribution in [3.63, 3.8) is 0 Å². The summed E-state index contributed by atoms with van der Waals surface area (Å²) in [6.45, 7) is 7.73. The summed E-state index contributed by atoms with van der Waals surface area (Å²) in [4.78, 5) is 18.4. The Labute approximate surface area is 147 Å². The number of carbonyl (C=O) groups excluding carboxylic acids is 1. The minimum atomic E-state index is -0.470. The van der Waals surface area contributed by atoms with Crippen LogP contribution in [0.3, 0.4) is 0 Å². The van der Waals surface area contributed by atoms with Crippen molar-refractivity contribution in [3.05, 3.63) is 29.0 Å². The van der Waals surface area contributed by atoms with E-state index in [2.05, 4.69) is 22.5 Å². The van der Waals surface area contributed by atoms with Gasteiger partial charge in [-0.25, -0.2) is 9.78 Å². The van der Waals surface area contributed by atoms with Gasteiger partial charge in [-0.15, -0.1) is 0 Å². The molecule has 0 radical (unpaired) electrons. The van der Waals surface area contributed by atoms with Crippen LogP contribution in [0.1, 0.15) is 45.3 Å². The summed E-state index contributed by atoms with van der Waals surface area (Å²) >= 11 is 6.05. The molecule has 0 spiro atoms. The molecule has 0 N–H and O–H groups in total. The number of pyridine rings is 1. The van der Waals surface area contributed by atoms with E-state index in [-0.39, 0.29) is 12.1 Å². The van der Waals surface area contributed by atoms with Crippen LogP contribution in [0.15, 0.2) is 18.2 Å². The monoisotopic (exact) mass is 349 g/mol. The highest BCUT2D eigenvalue weighted by atomic mass is 35.5. The van der Waals surface area contributed by atoms with Crippen LogP contribution in [0.2, 0.25) is 5.15 Å². The van der Waals surface area contributed by atoms with Gasteiger partial charge in [-0.05, 0) is 58.7 Å². The van der Waals surface area contributed by atoms with Crippen LogP contribution in [-0.4, -0.2) is 39.2 Å². The molecule has 0 aliphatic heterocycles. The summed E-state index contributed by atoms with van der Waals surface area (Å²) in [5.74, 6) is 0. The van der Waals surface area contributed by atoms with E-state index in [1.165, 1.54) is 5.69 Å². The lowest BCUT2D eigenvalue weighted by Crippen LogP contribution is -2.47. The topological polar surface area (TPSA) is 47.4 Å². The van der Waals surface area contributed by atoms with Gasteiger partial charge in [0, 0.05) is 30.2 Å². The first-order valence-corrected chi connectivity index (χ1v) is 8.63. The predicted octanol–water partition coefficient (Wildman–Crippen LogP) is 4.57. The van der Waals surface area contributed by atoms with Gasteiger partial charge in [-0.3, -0.25) is 0 Å². The maximum Gasteiger partial charge on any atom is 0.410 e. The van der Waals surface area contributed by atoms with Gasteiger partial charge in [0.05, 0.1) is 0 Å². The van der Waals surface area contributed by atoms with Gasteiger partial charge in [-0.2, -0.15) is 0 Å². The number of aryl methyl sites for hydroxylation is 1. The molecule has 130 valence electrons. The molecule has 6 heteroatoms. The van der Waals surface area contributed by atoms with Crippen LogP contribution in [0.25, 0.3) is 11.0 Å². The van der Waals surface area contributed by atoms with Gasteiger partial charge < -0.3 is 14.2 Å². The smallest absolute Gasteiger partial charge is 0.410 e. The standard InChI is InChI=1S/C18H24ClN3O2/c1-11-8-12-6-7-15(19)20-16(12)22(11)14-9-13(10-14)21(5)17(23)24-18(2,3)4/h6-8,13-14H,9-10H2,1-5H3/t13-,14-. The van der Waals surface area contributed by atoms with Crippen molar-refractivity contribution in [2.24, 2.45) is 0 Å². The van der Waals surface area contributed by atoms with Gasteiger partial charge in [-0.1, -0.05) is 11.6 Å². The first-order valence-electron chi connectivity index (χ1n) is 8.25. The lowest BCUT2D eigenvalue weighted by atomic mass is 9.85. The zero-order valence-corrected chi connectivity index (χ0v) is 15.6. The van der Waals surface area contributed by atoms with Crippen LogP contribution in [0.5, 0.6) is 0 Å². The molecule has 0 aromatic carbocycles. The van der Waals surface area contributed by atoms with Crippen molar-refractivity contribution in [2.75, 3.05) is 7.05 Å². The van der Waals surface area contributed by atoms with Crippen LogP contribution in [-0.2, 0) is 4.74 Å². The second kappa shape index (κ2) is 5.96. The third-order valence-electron chi connectivity index (χ3n) is 4.53. The quantitative estimate of drug-likeness (QED) is 0.746. The van der Waals surface area contributed by atoms with Gasteiger partial charge in [0.15, 0.2) is 0 Å². The molecule has 2 aromatic rings. The van der Waals surface area contributed by atoms with Gasteiger partial charge in [0.25, 0.3) is 0 Å². The third-order valence-corrected chi connectivity index (χ3v) is 4.74. The summed E-state index contributed by atoms with van der Waals surface area (Å²) in [5.41, 5.74) is 1.62. The Balaban J connectivity index is 1.72. The second-order valence-electron chi connectivity index (χ2n) is 7.57. The van der Waals surface area contributed by atoms with E-state index in [1.807, 2.05) is 40.0 Å². The minimum Gasteiger partial charge on any atom is -0.444 e. The molecule has 0 bridgehead atoms.